The quantitative estimate of drug-likeness (QED) is 0.306. The van der Waals surface area contributed by atoms with Gasteiger partial charge in [-0.2, -0.15) is 5.10 Å². The number of aromatic amines is 1. The highest BCUT2D eigenvalue weighted by Gasteiger charge is 2.16. The van der Waals surface area contributed by atoms with Gasteiger partial charge in [0.2, 0.25) is 0 Å². The van der Waals surface area contributed by atoms with Crippen molar-refractivity contribution in [3.05, 3.63) is 60.3 Å². The fourth-order valence-corrected chi connectivity index (χ4v) is 4.77. The van der Waals surface area contributed by atoms with Crippen LogP contribution in [0.15, 0.2) is 64.2 Å². The molecule has 4 aromatic rings. The predicted octanol–water partition coefficient (Wildman–Crippen LogP) is 4.41. The summed E-state index contributed by atoms with van der Waals surface area (Å²) >= 11 is 3.04. The van der Waals surface area contributed by atoms with Gasteiger partial charge in [-0.3, -0.25) is 4.79 Å². The third kappa shape index (κ3) is 3.49. The number of H-pyrrole nitrogens is 1. The number of benzene rings is 2. The van der Waals surface area contributed by atoms with Crippen molar-refractivity contribution in [2.75, 3.05) is 0 Å². The fourth-order valence-electron chi connectivity index (χ4n) is 2.56. The van der Waals surface area contributed by atoms with Crippen molar-refractivity contribution in [2.45, 2.75) is 16.5 Å². The lowest BCUT2D eigenvalue weighted by Gasteiger charge is -2.06. The van der Waals surface area contributed by atoms with Crippen molar-refractivity contribution < 1.29 is 4.79 Å². The highest BCUT2D eigenvalue weighted by atomic mass is 32.2. The molecule has 2 aromatic carbocycles. The number of nitrogens with one attached hydrogen (secondary N) is 2. The lowest BCUT2D eigenvalue weighted by molar-refractivity contribution is -0.120. The second-order valence-electron chi connectivity index (χ2n) is 5.73. The Balaban J connectivity index is 1.39. The molecule has 2 N–H and O–H groups in total. The number of thiazole rings is 1. The van der Waals surface area contributed by atoms with Crippen LogP contribution in [0.25, 0.3) is 21.1 Å². The topological polar surface area (TPSA) is 70.1 Å². The molecule has 0 aliphatic carbocycles. The molecule has 4 rings (SSSR count). The molecule has 1 amide bonds. The first-order valence-electron chi connectivity index (χ1n) is 8.12. The summed E-state index contributed by atoms with van der Waals surface area (Å²) in [6, 6.07) is 15.9. The van der Waals surface area contributed by atoms with Crippen molar-refractivity contribution in [1.29, 1.82) is 0 Å². The molecule has 7 heteroatoms. The number of hydrazone groups is 1. The second kappa shape index (κ2) is 7.31. The maximum Gasteiger partial charge on any atom is 0.253 e. The normalized spacial score (nSPS) is 12.8. The molecule has 0 aliphatic heterocycles. The van der Waals surface area contributed by atoms with Crippen LogP contribution in [0.1, 0.15) is 12.5 Å². The third-order valence-electron chi connectivity index (χ3n) is 3.92. The van der Waals surface area contributed by atoms with Gasteiger partial charge in [0.25, 0.3) is 5.91 Å². The second-order valence-corrected chi connectivity index (χ2v) is 8.35. The van der Waals surface area contributed by atoms with E-state index in [-0.39, 0.29) is 11.2 Å². The molecule has 1 atom stereocenters. The third-order valence-corrected chi connectivity index (χ3v) is 6.15. The van der Waals surface area contributed by atoms with Crippen LogP contribution in [0.2, 0.25) is 0 Å². The Morgan fingerprint density at radius 2 is 2.08 bits per heavy atom. The molecule has 26 heavy (non-hydrogen) atoms. The van der Waals surface area contributed by atoms with Crippen LogP contribution in [0.3, 0.4) is 0 Å². The minimum Gasteiger partial charge on any atom is -0.361 e. The lowest BCUT2D eigenvalue weighted by atomic mass is 10.2. The molecule has 5 nitrogen and oxygen atoms in total. The van der Waals surface area contributed by atoms with Crippen LogP contribution in [0.5, 0.6) is 0 Å². The number of carbonyl (C=O) groups excluding carboxylic acids is 1. The fraction of sp³-hybridized carbons (Fsp3) is 0.105. The van der Waals surface area contributed by atoms with Crippen molar-refractivity contribution in [1.82, 2.24) is 15.4 Å². The molecule has 2 aromatic heterocycles. The number of para-hydroxylation sites is 2. The van der Waals surface area contributed by atoms with Gasteiger partial charge in [-0.25, -0.2) is 10.4 Å². The minimum absolute atomic E-state index is 0.148. The molecule has 1 unspecified atom stereocenters. The van der Waals surface area contributed by atoms with Crippen LogP contribution in [0, 0.1) is 0 Å². The molecule has 2 heterocycles. The molecular weight excluding hydrogens is 364 g/mol. The summed E-state index contributed by atoms with van der Waals surface area (Å²) in [4.78, 5) is 20.0. The number of rotatable bonds is 5. The summed E-state index contributed by atoms with van der Waals surface area (Å²) in [5.41, 5.74) is 5.55. The van der Waals surface area contributed by atoms with Crippen LogP contribution in [-0.4, -0.2) is 27.3 Å². The molecule has 0 fully saturated rings. The largest absolute Gasteiger partial charge is 0.361 e. The van der Waals surface area contributed by atoms with Gasteiger partial charge in [0, 0.05) is 22.7 Å². The smallest absolute Gasteiger partial charge is 0.253 e. The number of hydrogen-bond donors (Lipinski definition) is 2. The van der Waals surface area contributed by atoms with E-state index in [0.717, 1.165) is 31.0 Å². The van der Waals surface area contributed by atoms with E-state index in [1.54, 1.807) is 17.6 Å². The summed E-state index contributed by atoms with van der Waals surface area (Å²) in [5, 5.41) is 4.88. The molecule has 0 saturated heterocycles. The monoisotopic (exact) mass is 380 g/mol. The summed E-state index contributed by atoms with van der Waals surface area (Å²) < 4.78 is 2.01. The van der Waals surface area contributed by atoms with Gasteiger partial charge in [0.05, 0.1) is 21.7 Å². The zero-order chi connectivity index (χ0) is 17.9. The maximum atomic E-state index is 12.3. The number of hydrogen-bond acceptors (Lipinski definition) is 5. The summed E-state index contributed by atoms with van der Waals surface area (Å²) in [6.07, 6.45) is 3.53. The van der Waals surface area contributed by atoms with E-state index >= 15 is 0 Å². The molecule has 0 spiro atoms. The zero-order valence-corrected chi connectivity index (χ0v) is 15.6. The SMILES string of the molecule is CC(Sc1nc2ccccc2s1)C(=O)N/N=C/c1c[nH]c2ccccc12. The van der Waals surface area contributed by atoms with Gasteiger partial charge >= 0.3 is 0 Å². The van der Waals surface area contributed by atoms with Crippen molar-refractivity contribution in [3.8, 4) is 0 Å². The zero-order valence-electron chi connectivity index (χ0n) is 14.0. The molecule has 0 saturated carbocycles. The van der Waals surface area contributed by atoms with Gasteiger partial charge in [-0.05, 0) is 25.1 Å². The maximum absolute atomic E-state index is 12.3. The number of nitrogens with zero attached hydrogens (tertiary/aromatic N) is 2. The number of aromatic nitrogens is 2. The summed E-state index contributed by atoms with van der Waals surface area (Å²) in [5.74, 6) is -0.148. The van der Waals surface area contributed by atoms with Crippen molar-refractivity contribution in [2.24, 2.45) is 5.10 Å². The average molecular weight is 380 g/mol. The first kappa shape index (κ1) is 16.8. The lowest BCUT2D eigenvalue weighted by Crippen LogP contribution is -2.26. The van der Waals surface area contributed by atoms with E-state index in [1.807, 2.05) is 61.7 Å². The Morgan fingerprint density at radius 1 is 1.27 bits per heavy atom. The molecule has 0 bridgehead atoms. The minimum atomic E-state index is -0.282. The number of amides is 1. The van der Waals surface area contributed by atoms with E-state index in [4.69, 9.17) is 0 Å². The Labute approximate surface area is 158 Å². The van der Waals surface area contributed by atoms with Crippen LogP contribution < -0.4 is 5.43 Å². The van der Waals surface area contributed by atoms with Gasteiger partial charge in [-0.1, -0.05) is 42.1 Å². The van der Waals surface area contributed by atoms with E-state index < -0.39 is 0 Å². The van der Waals surface area contributed by atoms with E-state index in [9.17, 15) is 4.79 Å². The van der Waals surface area contributed by atoms with Gasteiger partial charge in [-0.15, -0.1) is 11.3 Å². The van der Waals surface area contributed by atoms with Crippen molar-refractivity contribution in [3.63, 3.8) is 0 Å². The number of carbonyl (C=O) groups is 1. The first-order chi connectivity index (χ1) is 12.7. The highest BCUT2D eigenvalue weighted by Crippen LogP contribution is 2.31. The summed E-state index contributed by atoms with van der Waals surface area (Å²) in [7, 11) is 0. The molecule has 0 radical (unpaired) electrons. The summed E-state index contributed by atoms with van der Waals surface area (Å²) in [6.45, 7) is 1.85. The Hall–Kier alpha value is -2.64. The van der Waals surface area contributed by atoms with Gasteiger partial charge in [0.15, 0.2) is 4.34 Å². The first-order valence-corrected chi connectivity index (χ1v) is 9.81. The molecule has 130 valence electrons. The van der Waals surface area contributed by atoms with Crippen LogP contribution in [-0.2, 0) is 4.79 Å². The van der Waals surface area contributed by atoms with E-state index in [2.05, 4.69) is 20.5 Å². The van der Waals surface area contributed by atoms with E-state index in [0.29, 0.717) is 0 Å². The van der Waals surface area contributed by atoms with Crippen LogP contribution in [0.4, 0.5) is 0 Å². The van der Waals surface area contributed by atoms with E-state index in [1.165, 1.54) is 11.8 Å². The van der Waals surface area contributed by atoms with Crippen molar-refractivity contribution >= 4 is 56.3 Å². The van der Waals surface area contributed by atoms with Crippen LogP contribution >= 0.6 is 23.1 Å². The molecule has 0 aliphatic rings. The molecular formula is C19H16N4OS2. The Kier molecular flexibility index (Phi) is 4.73. The Bertz CT molecular complexity index is 1070. The van der Waals surface area contributed by atoms with Gasteiger partial charge in [0.1, 0.15) is 0 Å². The predicted molar refractivity (Wildman–Crippen MR) is 109 cm³/mol. The Morgan fingerprint density at radius 3 is 2.96 bits per heavy atom. The average Bonchev–Trinajstić information content (AvgIpc) is 3.25. The number of thioether (sulfide) groups is 1. The van der Waals surface area contributed by atoms with Gasteiger partial charge < -0.3 is 4.98 Å². The standard InChI is InChI=1S/C19H16N4OS2/c1-12(25-19-22-16-8-4-5-9-17(16)26-19)18(24)23-21-11-13-10-20-15-7-3-2-6-14(13)15/h2-12,20H,1H3,(H,23,24)/b21-11+. The highest BCUT2D eigenvalue weighted by molar-refractivity contribution is 8.02. The number of fused-ring (bicyclic) bond motifs is 2.